The predicted molar refractivity (Wildman–Crippen MR) is 50.2 cm³/mol. The molecule has 12 heavy (non-hydrogen) atoms. The van der Waals surface area contributed by atoms with Crippen LogP contribution in [0.15, 0.2) is 0 Å². The summed E-state index contributed by atoms with van der Waals surface area (Å²) in [6.45, 7) is 0. The maximum Gasteiger partial charge on any atom is 0 e. The van der Waals surface area contributed by atoms with Gasteiger partial charge >= 0.3 is 0 Å². The molecule has 6 heteroatoms. The molecule has 72 valence electrons. The van der Waals surface area contributed by atoms with Crippen LogP contribution in [0.2, 0.25) is 0 Å². The lowest BCUT2D eigenvalue weighted by atomic mass is 11.4. The molecule has 0 rings (SSSR count). The van der Waals surface area contributed by atoms with Gasteiger partial charge in [0.25, 0.3) is 0 Å². The topological polar surface area (TPSA) is 165 Å². The molecule has 0 aromatic rings. The van der Waals surface area contributed by atoms with Crippen molar-refractivity contribution in [1.82, 2.24) is 12.3 Å². The summed E-state index contributed by atoms with van der Waals surface area (Å²) in [6, 6.07) is 0. The van der Waals surface area contributed by atoms with E-state index in [4.69, 9.17) is 21.6 Å². The second-order valence-corrected chi connectivity index (χ2v) is 0. The van der Waals surface area contributed by atoms with Crippen LogP contribution in [0.1, 0.15) is 14.9 Å². The zero-order chi connectivity index (χ0) is 8.00. The zero-order valence-electron chi connectivity index (χ0n) is 5.51. The van der Waals surface area contributed by atoms with E-state index in [1.807, 2.05) is 0 Å². The molecule has 0 aliphatic heterocycles. The number of hydrogen-bond donors (Lipinski definition) is 2. The van der Waals surface area contributed by atoms with Crippen molar-refractivity contribution >= 4 is 0 Å². The molecule has 6 N–H and O–H groups in total. The molecule has 0 aromatic heterocycles. The van der Waals surface area contributed by atoms with Crippen molar-refractivity contribution in [2.24, 2.45) is 0 Å². The van der Waals surface area contributed by atoms with Gasteiger partial charge in [-0.25, -0.2) is 0 Å². The van der Waals surface area contributed by atoms with Crippen LogP contribution in [0.3, 0.4) is 0 Å². The average molecular weight is 174 g/mol. The monoisotopic (exact) mass is 174 g/mol. The Morgan fingerprint density at radius 3 is 0.500 bits per heavy atom. The first-order chi connectivity index (χ1) is 4.00. The fraction of sp³-hybridized carbons (Fsp3) is 0.333. The lowest BCUT2D eigenvalue weighted by molar-refractivity contribution is 1.15. The molecule has 0 unspecified atom stereocenters. The van der Waals surface area contributed by atoms with E-state index in [0.717, 1.165) is 0 Å². The molecular weight excluding hydrogens is 156 g/mol. The maximum atomic E-state index is 6.00. The summed E-state index contributed by atoms with van der Waals surface area (Å²) >= 11 is 0. The van der Waals surface area contributed by atoms with E-state index in [-0.39, 0.29) is 27.2 Å². The van der Waals surface area contributed by atoms with E-state index in [9.17, 15) is 0 Å². The van der Waals surface area contributed by atoms with Gasteiger partial charge in [-0.05, 0) is 0 Å². The third-order valence-electron chi connectivity index (χ3n) is 0. The Morgan fingerprint density at radius 2 is 0.500 bits per heavy atom. The lowest BCUT2D eigenvalue weighted by Gasteiger charge is -0.701. The summed E-state index contributed by atoms with van der Waals surface area (Å²) in [4.78, 5) is 0. The number of terminal acetylenes is 2. The van der Waals surface area contributed by atoms with Gasteiger partial charge in [0.05, 0.1) is 0 Å². The highest BCUT2D eigenvalue weighted by molar-refractivity contribution is 4.47. The maximum absolute atomic E-state index is 6.00. The van der Waals surface area contributed by atoms with Crippen molar-refractivity contribution in [3.05, 3.63) is 0 Å². The van der Waals surface area contributed by atoms with Crippen LogP contribution >= 0.6 is 0 Å². The van der Waals surface area contributed by atoms with Gasteiger partial charge in [-0.3, -0.25) is 0 Å². The highest BCUT2D eigenvalue weighted by atomic mass is 14.6. The Balaban J connectivity index is -0.00000000267. The number of rotatable bonds is 0. The van der Waals surface area contributed by atoms with Crippen molar-refractivity contribution in [3.8, 4) is 25.7 Å². The molecule has 6 nitrogen and oxygen atoms in total. The fourth-order valence-corrected chi connectivity index (χ4v) is 0. The summed E-state index contributed by atoms with van der Waals surface area (Å²) in [6.07, 6.45) is 16.0. The van der Waals surface area contributed by atoms with Gasteiger partial charge in [0, 0.05) is 21.6 Å². The summed E-state index contributed by atoms with van der Waals surface area (Å²) < 4.78 is 0. The Hall–Kier alpha value is -2.12. The standard InChI is InChI=1S/2C2H2.2CH4.2N2.2H3N/c2*1-2;;;2*1-2;;/h2*1-2H;2*1H4;;;2*1H3. The molecule has 0 radical (unpaired) electrons. The third kappa shape index (κ3) is 83.0. The van der Waals surface area contributed by atoms with Crippen molar-refractivity contribution < 1.29 is 0 Å². The van der Waals surface area contributed by atoms with Gasteiger partial charge in [-0.1, -0.05) is 14.9 Å². The van der Waals surface area contributed by atoms with Gasteiger partial charge in [0.1, 0.15) is 0 Å². The molecule has 0 amide bonds. The molecular formula is C6H18N6. The van der Waals surface area contributed by atoms with Gasteiger partial charge in [0.2, 0.25) is 0 Å². The molecule has 0 spiro atoms. The van der Waals surface area contributed by atoms with Crippen LogP contribution in [0.5, 0.6) is 0 Å². The van der Waals surface area contributed by atoms with Gasteiger partial charge < -0.3 is 12.3 Å². The molecule has 0 heterocycles. The van der Waals surface area contributed by atoms with Crippen molar-refractivity contribution in [3.63, 3.8) is 0 Å². The van der Waals surface area contributed by atoms with Crippen LogP contribution in [0.25, 0.3) is 0 Å². The highest BCUT2D eigenvalue weighted by Gasteiger charge is 0.580. The third-order valence-corrected chi connectivity index (χ3v) is 0. The van der Waals surface area contributed by atoms with E-state index < -0.39 is 0 Å². The fourth-order valence-electron chi connectivity index (χ4n) is 0. The van der Waals surface area contributed by atoms with Crippen LogP contribution < -0.4 is 12.3 Å². The quantitative estimate of drug-likeness (QED) is 0.421. The second kappa shape index (κ2) is 123. The minimum absolute atomic E-state index is 0. The summed E-state index contributed by atoms with van der Waals surface area (Å²) in [5, 5.41) is 24.0. The van der Waals surface area contributed by atoms with Crippen molar-refractivity contribution in [2.75, 3.05) is 0 Å². The Morgan fingerprint density at radius 1 is 0.500 bits per heavy atom. The first kappa shape index (κ1) is 220. The molecule has 0 atom stereocenters. The Kier molecular flexibility index (Phi) is 2250. The molecule has 0 aromatic carbocycles. The number of hydrogen-bond acceptors (Lipinski definition) is 6. The summed E-state index contributed by atoms with van der Waals surface area (Å²) in [7, 11) is 0. The van der Waals surface area contributed by atoms with Crippen LogP contribution in [-0.2, 0) is 0 Å². The average Bonchev–Trinajstić information content (AvgIpc) is 2.03. The van der Waals surface area contributed by atoms with E-state index in [1.165, 1.54) is 0 Å². The zero-order valence-corrected chi connectivity index (χ0v) is 5.51. The normalized spacial score (nSPS) is 0.667. The van der Waals surface area contributed by atoms with Crippen molar-refractivity contribution in [2.45, 2.75) is 14.9 Å². The van der Waals surface area contributed by atoms with E-state index >= 15 is 0 Å². The Bertz CT molecular complexity index is 55.0. The van der Waals surface area contributed by atoms with Crippen molar-refractivity contribution in [1.29, 1.82) is 21.6 Å². The minimum Gasteiger partial charge on any atom is -0.344 e. The SMILES string of the molecule is C.C.C#C.C#C.N.N.N#N.N#N. The second-order valence-electron chi connectivity index (χ2n) is 0. The minimum atomic E-state index is 0. The van der Waals surface area contributed by atoms with Crippen LogP contribution in [-0.4, -0.2) is 0 Å². The van der Waals surface area contributed by atoms with E-state index in [1.54, 1.807) is 0 Å². The highest BCUT2D eigenvalue weighted by Crippen LogP contribution is 0.596. The lowest BCUT2D eigenvalue weighted by Crippen LogP contribution is -0.576. The molecule has 0 saturated carbocycles. The molecule has 0 saturated heterocycles. The van der Waals surface area contributed by atoms with Crippen LogP contribution in [0.4, 0.5) is 0 Å². The smallest absolute Gasteiger partial charge is 0 e. The van der Waals surface area contributed by atoms with E-state index in [2.05, 4.69) is 25.7 Å². The van der Waals surface area contributed by atoms with Gasteiger partial charge in [0.15, 0.2) is 0 Å². The molecule has 0 aliphatic rings. The molecule has 0 aliphatic carbocycles. The van der Waals surface area contributed by atoms with Gasteiger partial charge in [-0.2, -0.15) is 0 Å². The van der Waals surface area contributed by atoms with Gasteiger partial charge in [-0.15, -0.1) is 25.7 Å². The summed E-state index contributed by atoms with van der Waals surface area (Å²) in [5.41, 5.74) is 0. The van der Waals surface area contributed by atoms with Crippen LogP contribution in [0, 0.1) is 47.3 Å². The molecule has 0 fully saturated rings. The largest absolute Gasteiger partial charge is 0.344 e. The first-order valence-corrected chi connectivity index (χ1v) is 1.07. The number of nitrogens with zero attached hydrogens (tertiary/aromatic N) is 4. The molecule has 0 bridgehead atoms. The predicted octanol–water partition coefficient (Wildman–Crippen LogP) is 2.16. The Labute approximate surface area is 75.4 Å². The van der Waals surface area contributed by atoms with E-state index in [0.29, 0.717) is 0 Å². The first-order valence-electron chi connectivity index (χ1n) is 1.07. The summed E-state index contributed by atoms with van der Waals surface area (Å²) in [5.74, 6) is 0.